The second kappa shape index (κ2) is 8.46. The molecule has 1 aliphatic heterocycles. The number of nitrogens with zero attached hydrogens (tertiary/aromatic N) is 5. The third kappa shape index (κ3) is 4.03. The molecule has 0 radical (unpaired) electrons. The van der Waals surface area contributed by atoms with Crippen LogP contribution in [0.2, 0.25) is 0 Å². The molecule has 4 aromatic rings. The zero-order chi connectivity index (χ0) is 23.1. The standard InChI is InChI=1S/C26H29FN6/c1-16(2)18-4-6-19(7-5-18)23-22-24(28)33(21-10-8-20(27)9-11-21)31-25(22)30-26(29-23)32-14-12-17(3)13-15-32/h4-11,16-17H,12-15,28H2,1-3H3. The van der Waals surface area contributed by atoms with Crippen LogP contribution in [0.4, 0.5) is 16.2 Å². The van der Waals surface area contributed by atoms with Crippen LogP contribution < -0.4 is 10.6 Å². The Balaban J connectivity index is 1.68. The summed E-state index contributed by atoms with van der Waals surface area (Å²) in [5.74, 6) is 1.98. The maximum absolute atomic E-state index is 13.5. The summed E-state index contributed by atoms with van der Waals surface area (Å²) in [5, 5.41) is 5.42. The fraction of sp³-hybridized carbons (Fsp3) is 0.346. The third-order valence-electron chi connectivity index (χ3n) is 6.55. The molecule has 0 saturated carbocycles. The molecule has 6 nitrogen and oxygen atoms in total. The van der Waals surface area contributed by atoms with Crippen molar-refractivity contribution in [1.29, 1.82) is 0 Å². The van der Waals surface area contributed by atoms with Crippen molar-refractivity contribution in [3.8, 4) is 16.9 Å². The molecule has 33 heavy (non-hydrogen) atoms. The number of piperidine rings is 1. The highest BCUT2D eigenvalue weighted by molar-refractivity contribution is 5.99. The lowest BCUT2D eigenvalue weighted by Crippen LogP contribution is -2.34. The van der Waals surface area contributed by atoms with E-state index in [4.69, 9.17) is 20.8 Å². The van der Waals surface area contributed by atoms with Crippen molar-refractivity contribution in [2.75, 3.05) is 23.7 Å². The molecular formula is C26H29FN6. The summed E-state index contributed by atoms with van der Waals surface area (Å²) in [6.07, 6.45) is 2.23. The van der Waals surface area contributed by atoms with Crippen LogP contribution in [0, 0.1) is 11.7 Å². The van der Waals surface area contributed by atoms with Gasteiger partial charge in [-0.2, -0.15) is 4.98 Å². The number of rotatable bonds is 4. The summed E-state index contributed by atoms with van der Waals surface area (Å²) in [7, 11) is 0. The molecule has 0 atom stereocenters. The Hall–Kier alpha value is -3.48. The van der Waals surface area contributed by atoms with Gasteiger partial charge in [-0.1, -0.05) is 45.0 Å². The van der Waals surface area contributed by atoms with E-state index in [0.29, 0.717) is 40.3 Å². The Morgan fingerprint density at radius 2 is 1.64 bits per heavy atom. The van der Waals surface area contributed by atoms with Gasteiger partial charge in [0.15, 0.2) is 5.65 Å². The molecule has 170 valence electrons. The number of nitrogen functional groups attached to an aromatic ring is 1. The second-order valence-corrected chi connectivity index (χ2v) is 9.29. The number of halogens is 1. The van der Waals surface area contributed by atoms with Gasteiger partial charge in [-0.05, 0) is 54.5 Å². The molecule has 0 aliphatic carbocycles. The molecule has 1 fully saturated rings. The Labute approximate surface area is 193 Å². The second-order valence-electron chi connectivity index (χ2n) is 9.29. The van der Waals surface area contributed by atoms with E-state index in [1.165, 1.54) is 17.7 Å². The van der Waals surface area contributed by atoms with E-state index in [9.17, 15) is 4.39 Å². The minimum Gasteiger partial charge on any atom is -0.383 e. The quantitative estimate of drug-likeness (QED) is 0.446. The predicted molar refractivity (Wildman–Crippen MR) is 131 cm³/mol. The van der Waals surface area contributed by atoms with Crippen LogP contribution in [0.5, 0.6) is 0 Å². The number of aromatic nitrogens is 4. The van der Waals surface area contributed by atoms with Gasteiger partial charge in [0.1, 0.15) is 11.6 Å². The van der Waals surface area contributed by atoms with Crippen LogP contribution in [-0.4, -0.2) is 32.8 Å². The molecule has 2 aromatic heterocycles. The van der Waals surface area contributed by atoms with Crippen LogP contribution in [0.15, 0.2) is 48.5 Å². The number of benzene rings is 2. The van der Waals surface area contributed by atoms with Crippen molar-refractivity contribution >= 4 is 22.8 Å². The maximum Gasteiger partial charge on any atom is 0.228 e. The molecule has 3 heterocycles. The van der Waals surface area contributed by atoms with E-state index in [-0.39, 0.29) is 5.82 Å². The fourth-order valence-corrected chi connectivity index (χ4v) is 4.36. The summed E-state index contributed by atoms with van der Waals surface area (Å²) in [6.45, 7) is 8.49. The molecular weight excluding hydrogens is 415 g/mol. The minimum absolute atomic E-state index is 0.304. The van der Waals surface area contributed by atoms with Crippen molar-refractivity contribution in [3.63, 3.8) is 0 Å². The highest BCUT2D eigenvalue weighted by atomic mass is 19.1. The van der Waals surface area contributed by atoms with Crippen molar-refractivity contribution in [3.05, 3.63) is 59.9 Å². The van der Waals surface area contributed by atoms with E-state index in [1.54, 1.807) is 16.8 Å². The smallest absolute Gasteiger partial charge is 0.228 e. The van der Waals surface area contributed by atoms with Crippen LogP contribution in [0.3, 0.4) is 0 Å². The van der Waals surface area contributed by atoms with Crippen LogP contribution >= 0.6 is 0 Å². The van der Waals surface area contributed by atoms with Gasteiger partial charge in [0.05, 0.1) is 16.8 Å². The number of nitrogens with two attached hydrogens (primary N) is 1. The number of hydrogen-bond donors (Lipinski definition) is 1. The molecule has 7 heteroatoms. The Kier molecular flexibility index (Phi) is 5.48. The first-order valence-electron chi connectivity index (χ1n) is 11.6. The van der Waals surface area contributed by atoms with Gasteiger partial charge >= 0.3 is 0 Å². The van der Waals surface area contributed by atoms with E-state index >= 15 is 0 Å². The van der Waals surface area contributed by atoms with Crippen molar-refractivity contribution in [2.45, 2.75) is 39.5 Å². The van der Waals surface area contributed by atoms with Gasteiger partial charge in [0.2, 0.25) is 5.95 Å². The summed E-state index contributed by atoms with van der Waals surface area (Å²) in [6, 6.07) is 14.6. The molecule has 2 aromatic carbocycles. The van der Waals surface area contributed by atoms with Crippen molar-refractivity contribution in [1.82, 2.24) is 19.7 Å². The highest BCUT2D eigenvalue weighted by Crippen LogP contribution is 2.34. The monoisotopic (exact) mass is 444 g/mol. The molecule has 0 unspecified atom stereocenters. The molecule has 2 N–H and O–H groups in total. The topological polar surface area (TPSA) is 72.9 Å². The van der Waals surface area contributed by atoms with Crippen LogP contribution in [0.25, 0.3) is 28.0 Å². The van der Waals surface area contributed by atoms with E-state index < -0.39 is 0 Å². The molecule has 1 aliphatic rings. The Morgan fingerprint density at radius 1 is 0.970 bits per heavy atom. The predicted octanol–water partition coefficient (Wildman–Crippen LogP) is 5.56. The molecule has 0 spiro atoms. The molecule has 5 rings (SSSR count). The van der Waals surface area contributed by atoms with Gasteiger partial charge in [-0.15, -0.1) is 5.10 Å². The van der Waals surface area contributed by atoms with Crippen LogP contribution in [-0.2, 0) is 0 Å². The fourth-order valence-electron chi connectivity index (χ4n) is 4.36. The summed E-state index contributed by atoms with van der Waals surface area (Å²) < 4.78 is 15.1. The Morgan fingerprint density at radius 3 is 2.27 bits per heavy atom. The SMILES string of the molecule is CC1CCN(c2nc(-c3ccc(C(C)C)cc3)c3c(N)n(-c4ccc(F)cc4)nc3n2)CC1. The Bertz CT molecular complexity index is 1270. The minimum atomic E-state index is -0.304. The van der Waals surface area contributed by atoms with Crippen molar-refractivity contribution < 1.29 is 4.39 Å². The first-order valence-corrected chi connectivity index (χ1v) is 11.6. The van der Waals surface area contributed by atoms with E-state index in [0.717, 1.165) is 37.2 Å². The lowest BCUT2D eigenvalue weighted by atomic mass is 9.99. The van der Waals surface area contributed by atoms with Crippen LogP contribution in [0.1, 0.15) is 45.1 Å². The zero-order valence-corrected chi connectivity index (χ0v) is 19.3. The molecule has 0 bridgehead atoms. The lowest BCUT2D eigenvalue weighted by Gasteiger charge is -2.30. The summed E-state index contributed by atoms with van der Waals surface area (Å²) in [5.41, 5.74) is 10.8. The first kappa shape index (κ1) is 21.4. The normalized spacial score (nSPS) is 15.0. The van der Waals surface area contributed by atoms with Gasteiger partial charge < -0.3 is 10.6 Å². The summed E-state index contributed by atoms with van der Waals surface area (Å²) >= 11 is 0. The van der Waals surface area contributed by atoms with E-state index in [2.05, 4.69) is 49.9 Å². The zero-order valence-electron chi connectivity index (χ0n) is 19.3. The first-order chi connectivity index (χ1) is 15.9. The van der Waals surface area contributed by atoms with Gasteiger partial charge in [0, 0.05) is 18.7 Å². The van der Waals surface area contributed by atoms with Gasteiger partial charge in [0.25, 0.3) is 0 Å². The lowest BCUT2D eigenvalue weighted by molar-refractivity contribution is 0.435. The van der Waals surface area contributed by atoms with Gasteiger partial charge in [-0.25, -0.2) is 14.1 Å². The van der Waals surface area contributed by atoms with Gasteiger partial charge in [-0.3, -0.25) is 0 Å². The number of anilines is 2. The number of hydrogen-bond acceptors (Lipinski definition) is 5. The highest BCUT2D eigenvalue weighted by Gasteiger charge is 2.23. The largest absolute Gasteiger partial charge is 0.383 e. The number of fused-ring (bicyclic) bond motifs is 1. The molecule has 1 saturated heterocycles. The molecule has 0 amide bonds. The average Bonchev–Trinajstić information content (AvgIpc) is 3.16. The average molecular weight is 445 g/mol. The maximum atomic E-state index is 13.5. The third-order valence-corrected chi connectivity index (χ3v) is 6.55. The van der Waals surface area contributed by atoms with E-state index in [1.807, 2.05) is 0 Å². The summed E-state index contributed by atoms with van der Waals surface area (Å²) in [4.78, 5) is 12.0. The van der Waals surface area contributed by atoms with Crippen molar-refractivity contribution in [2.24, 2.45) is 5.92 Å².